The van der Waals surface area contributed by atoms with Gasteiger partial charge in [0.05, 0.1) is 23.1 Å². The number of H-pyrrole nitrogens is 1. The standard InChI is InChI=1S/C14H14N4OS/c1-8(2)12-6-20-14(17-12)18-13(19)9-3-4-10-11(5-9)16-7-15-10/h3-8H,1-2H3,(H,15,16)(H,17,18,19). The van der Waals surface area contributed by atoms with Gasteiger partial charge < -0.3 is 4.98 Å². The molecule has 0 bridgehead atoms. The molecule has 20 heavy (non-hydrogen) atoms. The fraction of sp³-hybridized carbons (Fsp3) is 0.214. The summed E-state index contributed by atoms with van der Waals surface area (Å²) in [5.74, 6) is 0.199. The smallest absolute Gasteiger partial charge is 0.257 e. The van der Waals surface area contributed by atoms with Gasteiger partial charge in [-0.3, -0.25) is 10.1 Å². The molecule has 1 aromatic carbocycles. The van der Waals surface area contributed by atoms with Crippen LogP contribution in [0.2, 0.25) is 0 Å². The lowest BCUT2D eigenvalue weighted by atomic mass is 10.2. The zero-order chi connectivity index (χ0) is 14.1. The number of amides is 1. The van der Waals surface area contributed by atoms with E-state index in [0.29, 0.717) is 16.6 Å². The van der Waals surface area contributed by atoms with Crippen LogP contribution in [0.1, 0.15) is 35.8 Å². The number of aromatic amines is 1. The average Bonchev–Trinajstić information content (AvgIpc) is 3.05. The largest absolute Gasteiger partial charge is 0.345 e. The van der Waals surface area contributed by atoms with Gasteiger partial charge in [-0.2, -0.15) is 0 Å². The van der Waals surface area contributed by atoms with Gasteiger partial charge in [0.25, 0.3) is 5.91 Å². The minimum atomic E-state index is -0.161. The second-order valence-corrected chi connectivity index (χ2v) is 5.68. The molecule has 0 aliphatic heterocycles. The monoisotopic (exact) mass is 286 g/mol. The molecule has 0 fully saturated rings. The predicted molar refractivity (Wildman–Crippen MR) is 80.2 cm³/mol. The summed E-state index contributed by atoms with van der Waals surface area (Å²) >= 11 is 1.44. The minimum Gasteiger partial charge on any atom is -0.345 e. The summed E-state index contributed by atoms with van der Waals surface area (Å²) in [6.45, 7) is 4.15. The number of imidazole rings is 1. The molecule has 102 valence electrons. The Hall–Kier alpha value is -2.21. The van der Waals surface area contributed by atoms with Crippen molar-refractivity contribution in [1.82, 2.24) is 15.0 Å². The molecule has 2 N–H and O–H groups in total. The maximum atomic E-state index is 12.2. The van der Waals surface area contributed by atoms with Crippen molar-refractivity contribution in [1.29, 1.82) is 0 Å². The van der Waals surface area contributed by atoms with Gasteiger partial charge >= 0.3 is 0 Å². The van der Waals surface area contributed by atoms with E-state index >= 15 is 0 Å². The molecular formula is C14H14N4OS. The van der Waals surface area contributed by atoms with Crippen LogP contribution < -0.4 is 5.32 Å². The first-order valence-electron chi connectivity index (χ1n) is 6.33. The van der Waals surface area contributed by atoms with Gasteiger partial charge in [0, 0.05) is 10.9 Å². The first-order valence-corrected chi connectivity index (χ1v) is 7.21. The summed E-state index contributed by atoms with van der Waals surface area (Å²) in [7, 11) is 0. The van der Waals surface area contributed by atoms with Gasteiger partial charge in [-0.15, -0.1) is 11.3 Å². The minimum absolute atomic E-state index is 0.161. The Balaban J connectivity index is 1.80. The zero-order valence-corrected chi connectivity index (χ0v) is 12.0. The topological polar surface area (TPSA) is 70.7 Å². The number of anilines is 1. The van der Waals surface area contributed by atoms with Crippen LogP contribution in [0.5, 0.6) is 0 Å². The number of benzene rings is 1. The number of rotatable bonds is 3. The highest BCUT2D eigenvalue weighted by molar-refractivity contribution is 7.14. The second kappa shape index (κ2) is 5.05. The van der Waals surface area contributed by atoms with E-state index in [2.05, 4.69) is 34.1 Å². The van der Waals surface area contributed by atoms with Gasteiger partial charge in [-0.25, -0.2) is 9.97 Å². The number of nitrogens with one attached hydrogen (secondary N) is 2. The van der Waals surface area contributed by atoms with Crippen LogP contribution in [-0.2, 0) is 0 Å². The first kappa shape index (κ1) is 12.8. The number of carbonyl (C=O) groups excluding carboxylic acids is 1. The second-order valence-electron chi connectivity index (χ2n) is 4.82. The lowest BCUT2D eigenvalue weighted by Crippen LogP contribution is -2.11. The Morgan fingerprint density at radius 1 is 1.40 bits per heavy atom. The van der Waals surface area contributed by atoms with Crippen LogP contribution in [0.15, 0.2) is 29.9 Å². The van der Waals surface area contributed by atoms with Crippen molar-refractivity contribution in [3.8, 4) is 0 Å². The molecule has 0 unspecified atom stereocenters. The van der Waals surface area contributed by atoms with Crippen molar-refractivity contribution in [3.05, 3.63) is 41.2 Å². The Kier molecular flexibility index (Phi) is 3.23. The van der Waals surface area contributed by atoms with Gasteiger partial charge in [0.15, 0.2) is 5.13 Å². The van der Waals surface area contributed by atoms with Crippen LogP contribution in [0.4, 0.5) is 5.13 Å². The number of aromatic nitrogens is 3. The summed E-state index contributed by atoms with van der Waals surface area (Å²) in [4.78, 5) is 23.7. The van der Waals surface area contributed by atoms with Gasteiger partial charge in [0.2, 0.25) is 0 Å². The molecule has 0 saturated carbocycles. The SMILES string of the molecule is CC(C)c1csc(NC(=O)c2ccc3nc[nH]c3c2)n1. The number of hydrogen-bond acceptors (Lipinski definition) is 4. The molecule has 1 amide bonds. The van der Waals surface area contributed by atoms with E-state index in [-0.39, 0.29) is 5.91 Å². The van der Waals surface area contributed by atoms with Crippen LogP contribution in [0, 0.1) is 0 Å². The molecule has 0 radical (unpaired) electrons. The fourth-order valence-corrected chi connectivity index (χ4v) is 2.72. The van der Waals surface area contributed by atoms with E-state index in [1.165, 1.54) is 11.3 Å². The lowest BCUT2D eigenvalue weighted by molar-refractivity contribution is 0.102. The molecule has 0 aliphatic carbocycles. The first-order chi connectivity index (χ1) is 9.63. The Labute approximate surface area is 120 Å². The van der Waals surface area contributed by atoms with Crippen LogP contribution in [0.25, 0.3) is 11.0 Å². The molecular weight excluding hydrogens is 272 g/mol. The molecule has 0 aliphatic rings. The predicted octanol–water partition coefficient (Wildman–Crippen LogP) is 3.40. The average molecular weight is 286 g/mol. The maximum Gasteiger partial charge on any atom is 0.257 e. The number of carbonyl (C=O) groups is 1. The summed E-state index contributed by atoms with van der Waals surface area (Å²) in [5, 5.41) is 5.42. The van der Waals surface area contributed by atoms with E-state index in [9.17, 15) is 4.79 Å². The number of fused-ring (bicyclic) bond motifs is 1. The number of hydrogen-bond donors (Lipinski definition) is 2. The van der Waals surface area contributed by atoms with Crippen molar-refractivity contribution in [2.75, 3.05) is 5.32 Å². The molecule has 3 aromatic rings. The fourth-order valence-electron chi connectivity index (χ4n) is 1.85. The van der Waals surface area contributed by atoms with E-state index < -0.39 is 0 Å². The quantitative estimate of drug-likeness (QED) is 0.775. The molecule has 0 saturated heterocycles. The molecule has 6 heteroatoms. The summed E-state index contributed by atoms with van der Waals surface area (Å²) < 4.78 is 0. The highest BCUT2D eigenvalue weighted by atomic mass is 32.1. The van der Waals surface area contributed by atoms with Crippen molar-refractivity contribution in [2.45, 2.75) is 19.8 Å². The van der Waals surface area contributed by atoms with Crippen molar-refractivity contribution in [2.24, 2.45) is 0 Å². The van der Waals surface area contributed by atoms with E-state index in [4.69, 9.17) is 0 Å². The highest BCUT2D eigenvalue weighted by Crippen LogP contribution is 2.22. The molecule has 0 atom stereocenters. The summed E-state index contributed by atoms with van der Waals surface area (Å²) in [6, 6.07) is 5.37. The van der Waals surface area contributed by atoms with Crippen molar-refractivity contribution >= 4 is 33.4 Å². The summed E-state index contributed by atoms with van der Waals surface area (Å²) in [6.07, 6.45) is 1.61. The molecule has 0 spiro atoms. The molecule has 5 nitrogen and oxygen atoms in total. The third-order valence-corrected chi connectivity index (χ3v) is 3.79. The van der Waals surface area contributed by atoms with Gasteiger partial charge in [-0.1, -0.05) is 13.8 Å². The van der Waals surface area contributed by atoms with Crippen molar-refractivity contribution < 1.29 is 4.79 Å². The van der Waals surface area contributed by atoms with E-state index in [0.717, 1.165) is 16.7 Å². The van der Waals surface area contributed by atoms with Crippen LogP contribution >= 0.6 is 11.3 Å². The van der Waals surface area contributed by atoms with Gasteiger partial charge in [-0.05, 0) is 24.1 Å². The van der Waals surface area contributed by atoms with Crippen LogP contribution in [0.3, 0.4) is 0 Å². The molecule has 2 aromatic heterocycles. The lowest BCUT2D eigenvalue weighted by Gasteiger charge is -2.02. The molecule has 3 rings (SSSR count). The Morgan fingerprint density at radius 3 is 3.00 bits per heavy atom. The highest BCUT2D eigenvalue weighted by Gasteiger charge is 2.11. The van der Waals surface area contributed by atoms with Crippen LogP contribution in [-0.4, -0.2) is 20.9 Å². The Bertz CT molecular complexity index is 759. The van der Waals surface area contributed by atoms with Crippen molar-refractivity contribution in [3.63, 3.8) is 0 Å². The number of nitrogens with zero attached hydrogens (tertiary/aromatic N) is 2. The number of thiazole rings is 1. The maximum absolute atomic E-state index is 12.2. The molecule has 2 heterocycles. The van der Waals surface area contributed by atoms with Gasteiger partial charge in [0.1, 0.15) is 0 Å². The Morgan fingerprint density at radius 2 is 2.25 bits per heavy atom. The van der Waals surface area contributed by atoms with E-state index in [1.807, 2.05) is 11.4 Å². The third-order valence-electron chi connectivity index (χ3n) is 3.02. The zero-order valence-electron chi connectivity index (χ0n) is 11.2. The third kappa shape index (κ3) is 2.42. The summed E-state index contributed by atoms with van der Waals surface area (Å²) in [5.41, 5.74) is 3.27. The normalized spacial score (nSPS) is 11.2. The van der Waals surface area contributed by atoms with E-state index in [1.54, 1.807) is 18.5 Å².